The summed E-state index contributed by atoms with van der Waals surface area (Å²) in [6.45, 7) is 1.52. The van der Waals surface area contributed by atoms with Crippen LogP contribution in [0.2, 0.25) is 0 Å². The third-order valence-corrected chi connectivity index (χ3v) is 5.94. The molecule has 7 nitrogen and oxygen atoms in total. The van der Waals surface area contributed by atoms with Crippen LogP contribution < -0.4 is 4.90 Å². The van der Waals surface area contributed by atoms with Gasteiger partial charge < -0.3 is 4.90 Å². The van der Waals surface area contributed by atoms with Crippen molar-refractivity contribution in [1.82, 2.24) is 19.3 Å². The van der Waals surface area contributed by atoms with E-state index in [9.17, 15) is 17.2 Å². The lowest BCUT2D eigenvalue weighted by Gasteiger charge is -2.23. The van der Waals surface area contributed by atoms with Gasteiger partial charge in [0.15, 0.2) is 16.7 Å². The molecule has 1 aliphatic heterocycles. The van der Waals surface area contributed by atoms with Crippen LogP contribution in [-0.2, 0) is 17.1 Å². The fraction of sp³-hybridized carbons (Fsp3) is 0.429. The molecule has 2 aromatic rings. The highest BCUT2D eigenvalue weighted by atomic mass is 32.2. The van der Waals surface area contributed by atoms with Crippen molar-refractivity contribution in [3.63, 3.8) is 0 Å². The summed E-state index contributed by atoms with van der Waals surface area (Å²) in [7, 11) is -2.16. The molecule has 0 unspecified atom stereocenters. The lowest BCUT2D eigenvalue weighted by molar-refractivity contribution is 0.426. The van der Waals surface area contributed by atoms with Crippen molar-refractivity contribution in [2.24, 2.45) is 7.05 Å². The summed E-state index contributed by atoms with van der Waals surface area (Å²) < 4.78 is 54.4. The number of benzene rings is 1. The van der Waals surface area contributed by atoms with Crippen LogP contribution in [0.4, 0.5) is 14.5 Å². The summed E-state index contributed by atoms with van der Waals surface area (Å²) in [6, 6.07) is 3.70. The number of aryl methyl sites for hydroxylation is 1. The monoisotopic (exact) mass is 357 g/mol. The van der Waals surface area contributed by atoms with Crippen molar-refractivity contribution in [3.8, 4) is 0 Å². The van der Waals surface area contributed by atoms with E-state index < -0.39 is 21.7 Å². The molecule has 2 heterocycles. The Labute approximate surface area is 138 Å². The molecule has 0 radical (unpaired) electrons. The van der Waals surface area contributed by atoms with E-state index in [1.807, 2.05) is 4.90 Å². The van der Waals surface area contributed by atoms with Crippen LogP contribution in [-0.4, -0.2) is 53.9 Å². The summed E-state index contributed by atoms with van der Waals surface area (Å²) in [4.78, 5) is 1.85. The molecule has 0 aliphatic carbocycles. The fourth-order valence-electron chi connectivity index (χ4n) is 2.72. The van der Waals surface area contributed by atoms with E-state index in [1.165, 1.54) is 28.3 Å². The van der Waals surface area contributed by atoms with Gasteiger partial charge in [-0.2, -0.15) is 4.31 Å². The Morgan fingerprint density at radius 3 is 2.54 bits per heavy atom. The number of aromatic nitrogens is 3. The third kappa shape index (κ3) is 3.11. The zero-order valence-corrected chi connectivity index (χ0v) is 13.9. The minimum atomic E-state index is -3.68. The zero-order valence-electron chi connectivity index (χ0n) is 13.1. The van der Waals surface area contributed by atoms with Gasteiger partial charge in [0.2, 0.25) is 0 Å². The van der Waals surface area contributed by atoms with Crippen molar-refractivity contribution in [1.29, 1.82) is 0 Å². The van der Waals surface area contributed by atoms with Crippen LogP contribution in [0.3, 0.4) is 0 Å². The van der Waals surface area contributed by atoms with Gasteiger partial charge in [-0.25, -0.2) is 21.9 Å². The molecule has 1 aromatic carbocycles. The lowest BCUT2D eigenvalue weighted by atomic mass is 10.2. The minimum absolute atomic E-state index is 0.0313. The molecule has 10 heteroatoms. The first-order valence-electron chi connectivity index (χ1n) is 7.44. The van der Waals surface area contributed by atoms with Crippen molar-refractivity contribution < 1.29 is 17.2 Å². The van der Waals surface area contributed by atoms with Crippen molar-refractivity contribution in [2.75, 3.05) is 31.1 Å². The summed E-state index contributed by atoms with van der Waals surface area (Å²) >= 11 is 0. The molecule has 130 valence electrons. The molecule has 1 aromatic heterocycles. The first kappa shape index (κ1) is 16.8. The summed E-state index contributed by atoms with van der Waals surface area (Å²) in [5, 5.41) is 7.29. The van der Waals surface area contributed by atoms with Crippen LogP contribution in [0.1, 0.15) is 6.42 Å². The SMILES string of the molecule is Cn1nncc1S(=O)(=O)N1CCCN(c2ccc(F)c(F)c2)CC1. The van der Waals surface area contributed by atoms with E-state index in [0.717, 1.165) is 12.1 Å². The molecule has 0 saturated carbocycles. The van der Waals surface area contributed by atoms with E-state index >= 15 is 0 Å². The standard InChI is InChI=1S/C14H17F2N5O2S/c1-19-14(10-17-18-19)24(22,23)21-6-2-5-20(7-8-21)11-3-4-12(15)13(16)9-11/h3-4,9-10H,2,5-8H2,1H3. The number of rotatable bonds is 3. The van der Waals surface area contributed by atoms with Gasteiger partial charge in [-0.05, 0) is 18.6 Å². The Kier molecular flexibility index (Phi) is 4.50. The van der Waals surface area contributed by atoms with E-state index in [2.05, 4.69) is 10.3 Å². The van der Waals surface area contributed by atoms with Crippen LogP contribution >= 0.6 is 0 Å². The van der Waals surface area contributed by atoms with Crippen molar-refractivity contribution >= 4 is 15.7 Å². The Morgan fingerprint density at radius 1 is 1.08 bits per heavy atom. The maximum absolute atomic E-state index is 13.4. The molecule has 0 bridgehead atoms. The average Bonchev–Trinajstić information content (AvgIpc) is 2.83. The lowest BCUT2D eigenvalue weighted by Crippen LogP contribution is -2.36. The highest BCUT2D eigenvalue weighted by Gasteiger charge is 2.29. The van der Waals surface area contributed by atoms with Crippen LogP contribution in [0.15, 0.2) is 29.4 Å². The molecule has 24 heavy (non-hydrogen) atoms. The van der Waals surface area contributed by atoms with Crippen LogP contribution in [0.25, 0.3) is 0 Å². The number of sulfonamides is 1. The molecule has 1 fully saturated rings. The van der Waals surface area contributed by atoms with Gasteiger partial charge in [-0.3, -0.25) is 0 Å². The fourth-order valence-corrected chi connectivity index (χ4v) is 4.23. The molecule has 1 saturated heterocycles. The molecular weight excluding hydrogens is 340 g/mol. The molecule has 0 spiro atoms. The number of anilines is 1. The van der Waals surface area contributed by atoms with Crippen LogP contribution in [0, 0.1) is 11.6 Å². The highest BCUT2D eigenvalue weighted by molar-refractivity contribution is 7.89. The normalized spacial score (nSPS) is 17.0. The van der Waals surface area contributed by atoms with Gasteiger partial charge in [-0.1, -0.05) is 5.21 Å². The van der Waals surface area contributed by atoms with E-state index in [0.29, 0.717) is 31.7 Å². The van der Waals surface area contributed by atoms with Gasteiger partial charge in [0.05, 0.1) is 6.20 Å². The Bertz CT molecular complexity index is 839. The quantitative estimate of drug-likeness (QED) is 0.819. The Balaban J connectivity index is 1.78. The minimum Gasteiger partial charge on any atom is -0.370 e. The summed E-state index contributed by atoms with van der Waals surface area (Å²) in [6.07, 6.45) is 1.79. The third-order valence-electron chi connectivity index (χ3n) is 4.00. The molecule has 1 aliphatic rings. The number of nitrogens with zero attached hydrogens (tertiary/aromatic N) is 5. The number of hydrogen-bond donors (Lipinski definition) is 0. The Morgan fingerprint density at radius 2 is 1.88 bits per heavy atom. The molecule has 0 N–H and O–H groups in total. The Hall–Kier alpha value is -2.07. The van der Waals surface area contributed by atoms with Gasteiger partial charge in [-0.15, -0.1) is 5.10 Å². The van der Waals surface area contributed by atoms with Gasteiger partial charge in [0.1, 0.15) is 0 Å². The van der Waals surface area contributed by atoms with E-state index in [-0.39, 0.29) is 11.6 Å². The second-order valence-electron chi connectivity index (χ2n) is 5.54. The van der Waals surface area contributed by atoms with Gasteiger partial charge in [0, 0.05) is 45.0 Å². The molecule has 0 amide bonds. The largest absolute Gasteiger partial charge is 0.370 e. The highest BCUT2D eigenvalue weighted by Crippen LogP contribution is 2.22. The predicted octanol–water partition coefficient (Wildman–Crippen LogP) is 0.994. The average molecular weight is 357 g/mol. The predicted molar refractivity (Wildman–Crippen MR) is 82.9 cm³/mol. The van der Waals surface area contributed by atoms with Gasteiger partial charge >= 0.3 is 0 Å². The second-order valence-corrected chi connectivity index (χ2v) is 7.42. The van der Waals surface area contributed by atoms with Crippen molar-refractivity contribution in [3.05, 3.63) is 36.0 Å². The molecular formula is C14H17F2N5O2S. The summed E-state index contributed by atoms with van der Waals surface area (Å²) in [5.74, 6) is -1.82. The topological polar surface area (TPSA) is 71.3 Å². The smallest absolute Gasteiger partial charge is 0.261 e. The molecule has 0 atom stereocenters. The van der Waals surface area contributed by atoms with E-state index in [1.54, 1.807) is 0 Å². The maximum atomic E-state index is 13.4. The van der Waals surface area contributed by atoms with Crippen molar-refractivity contribution in [2.45, 2.75) is 11.4 Å². The van der Waals surface area contributed by atoms with E-state index in [4.69, 9.17) is 0 Å². The maximum Gasteiger partial charge on any atom is 0.261 e. The summed E-state index contributed by atoms with van der Waals surface area (Å²) in [5.41, 5.74) is 0.537. The second kappa shape index (κ2) is 6.44. The molecule has 3 rings (SSSR count). The first-order chi connectivity index (χ1) is 11.4. The van der Waals surface area contributed by atoms with Crippen LogP contribution in [0.5, 0.6) is 0 Å². The van der Waals surface area contributed by atoms with Gasteiger partial charge in [0.25, 0.3) is 10.0 Å². The number of hydrogen-bond acceptors (Lipinski definition) is 5. The zero-order chi connectivity index (χ0) is 17.3. The first-order valence-corrected chi connectivity index (χ1v) is 8.88. The number of halogens is 2.